The van der Waals surface area contributed by atoms with Gasteiger partial charge in [-0.05, 0) is 36.8 Å². The lowest BCUT2D eigenvalue weighted by atomic mass is 9.97. The van der Waals surface area contributed by atoms with E-state index in [1.54, 1.807) is 6.07 Å². The Morgan fingerprint density at radius 1 is 1.10 bits per heavy atom. The van der Waals surface area contributed by atoms with E-state index in [4.69, 9.17) is 11.6 Å². The van der Waals surface area contributed by atoms with Crippen LogP contribution < -0.4 is 4.74 Å². The monoisotopic (exact) mass is 314 g/mol. The molecule has 2 rings (SSSR count). The van der Waals surface area contributed by atoms with Crippen molar-refractivity contribution in [1.29, 1.82) is 0 Å². The Kier molecular flexibility index (Phi) is 4.23. The van der Waals surface area contributed by atoms with Crippen molar-refractivity contribution in [3.05, 3.63) is 53.1 Å². The van der Waals surface area contributed by atoms with Gasteiger partial charge in [0.2, 0.25) is 0 Å². The minimum absolute atomic E-state index is 0.155. The van der Waals surface area contributed by atoms with Crippen molar-refractivity contribution >= 4 is 17.4 Å². The van der Waals surface area contributed by atoms with E-state index in [-0.39, 0.29) is 22.7 Å². The molecule has 0 heterocycles. The van der Waals surface area contributed by atoms with Crippen molar-refractivity contribution in [1.82, 2.24) is 0 Å². The van der Waals surface area contributed by atoms with Crippen molar-refractivity contribution in [2.75, 3.05) is 0 Å². The van der Waals surface area contributed by atoms with Crippen molar-refractivity contribution in [3.8, 4) is 16.9 Å². The van der Waals surface area contributed by atoms with Crippen LogP contribution in [0.1, 0.15) is 17.3 Å². The van der Waals surface area contributed by atoms with Crippen LogP contribution in [0.15, 0.2) is 42.5 Å². The number of carbonyl (C=O) groups excluding carboxylic acids is 1. The number of rotatable bonds is 3. The van der Waals surface area contributed by atoms with Gasteiger partial charge < -0.3 is 4.74 Å². The van der Waals surface area contributed by atoms with Gasteiger partial charge >= 0.3 is 6.36 Å². The van der Waals surface area contributed by atoms with Crippen LogP contribution in [0, 0.1) is 0 Å². The van der Waals surface area contributed by atoms with E-state index in [2.05, 4.69) is 4.74 Å². The lowest BCUT2D eigenvalue weighted by Crippen LogP contribution is -2.17. The Hall–Kier alpha value is -2.01. The molecule has 21 heavy (non-hydrogen) atoms. The highest BCUT2D eigenvalue weighted by molar-refractivity contribution is 6.31. The van der Waals surface area contributed by atoms with Gasteiger partial charge in [0.05, 0.1) is 0 Å². The van der Waals surface area contributed by atoms with Gasteiger partial charge in [-0.3, -0.25) is 4.79 Å². The van der Waals surface area contributed by atoms with E-state index in [0.29, 0.717) is 10.6 Å². The molecule has 0 aliphatic heterocycles. The summed E-state index contributed by atoms with van der Waals surface area (Å²) in [6.45, 7) is 1.33. The Balaban J connectivity index is 2.62. The molecule has 0 aliphatic carbocycles. The summed E-state index contributed by atoms with van der Waals surface area (Å²) < 4.78 is 41.4. The molecule has 0 amide bonds. The molecule has 0 aliphatic rings. The lowest BCUT2D eigenvalue weighted by Gasteiger charge is -2.15. The summed E-state index contributed by atoms with van der Waals surface area (Å²) >= 11 is 5.88. The summed E-state index contributed by atoms with van der Waals surface area (Å²) in [6.07, 6.45) is -4.81. The smallest absolute Gasteiger partial charge is 0.405 e. The molecular formula is C15H10ClF3O2. The largest absolute Gasteiger partial charge is 0.573 e. The zero-order chi connectivity index (χ0) is 15.6. The number of hydrogen-bond donors (Lipinski definition) is 0. The zero-order valence-electron chi connectivity index (χ0n) is 10.9. The minimum Gasteiger partial charge on any atom is -0.405 e. The standard InChI is InChI=1S/C15H10ClF3O2/c1-9(20)11-7-6-10(16)8-13(11)12-4-2-3-5-14(12)21-15(17,18)19/h2-8H,1H3. The quantitative estimate of drug-likeness (QED) is 0.736. The highest BCUT2D eigenvalue weighted by Crippen LogP contribution is 2.36. The Morgan fingerprint density at radius 3 is 2.38 bits per heavy atom. The second-order valence-corrected chi connectivity index (χ2v) is 4.73. The van der Waals surface area contributed by atoms with Crippen LogP contribution in [0.4, 0.5) is 13.2 Å². The first-order chi connectivity index (χ1) is 9.78. The molecule has 0 aromatic heterocycles. The number of alkyl halides is 3. The first kappa shape index (κ1) is 15.4. The molecule has 0 spiro atoms. The van der Waals surface area contributed by atoms with E-state index < -0.39 is 6.36 Å². The van der Waals surface area contributed by atoms with E-state index >= 15 is 0 Å². The Labute approximate surface area is 124 Å². The summed E-state index contributed by atoms with van der Waals surface area (Å²) in [5.74, 6) is -0.654. The molecule has 0 saturated heterocycles. The molecule has 0 unspecified atom stereocenters. The van der Waals surface area contributed by atoms with Gasteiger partial charge in [0.1, 0.15) is 5.75 Å². The van der Waals surface area contributed by atoms with Crippen LogP contribution in [0.5, 0.6) is 5.75 Å². The van der Waals surface area contributed by atoms with Gasteiger partial charge in [-0.15, -0.1) is 13.2 Å². The number of benzene rings is 2. The number of Topliss-reactive ketones (excluding diaryl/α,β-unsaturated/α-hetero) is 1. The van der Waals surface area contributed by atoms with Gasteiger partial charge in [0.15, 0.2) is 5.78 Å². The summed E-state index contributed by atoms with van der Waals surface area (Å²) in [6, 6.07) is 10.0. The predicted octanol–water partition coefficient (Wildman–Crippen LogP) is 5.11. The average molecular weight is 315 g/mol. The fourth-order valence-corrected chi connectivity index (χ4v) is 2.12. The number of hydrogen-bond acceptors (Lipinski definition) is 2. The van der Waals surface area contributed by atoms with Crippen molar-refractivity contribution in [2.24, 2.45) is 0 Å². The van der Waals surface area contributed by atoms with Crippen LogP contribution in [-0.4, -0.2) is 12.1 Å². The summed E-state index contributed by atoms with van der Waals surface area (Å²) in [5.41, 5.74) is 0.731. The van der Waals surface area contributed by atoms with E-state index in [1.165, 1.54) is 43.3 Å². The first-order valence-electron chi connectivity index (χ1n) is 5.93. The Morgan fingerprint density at radius 2 is 1.76 bits per heavy atom. The molecule has 2 aromatic carbocycles. The van der Waals surface area contributed by atoms with E-state index in [9.17, 15) is 18.0 Å². The molecule has 0 atom stereocenters. The third-order valence-electron chi connectivity index (χ3n) is 2.76. The SMILES string of the molecule is CC(=O)c1ccc(Cl)cc1-c1ccccc1OC(F)(F)F. The van der Waals surface area contributed by atoms with E-state index in [1.807, 2.05) is 0 Å². The maximum absolute atomic E-state index is 12.5. The van der Waals surface area contributed by atoms with E-state index in [0.717, 1.165) is 0 Å². The second-order valence-electron chi connectivity index (χ2n) is 4.29. The molecule has 110 valence electrons. The van der Waals surface area contributed by atoms with Crippen LogP contribution in [0.25, 0.3) is 11.1 Å². The number of carbonyl (C=O) groups is 1. The maximum atomic E-state index is 12.5. The van der Waals surface area contributed by atoms with Gasteiger partial charge in [-0.1, -0.05) is 29.8 Å². The second kappa shape index (κ2) is 5.77. The topological polar surface area (TPSA) is 26.3 Å². The fraction of sp³-hybridized carbons (Fsp3) is 0.133. The molecule has 0 bridgehead atoms. The van der Waals surface area contributed by atoms with Gasteiger partial charge in [-0.25, -0.2) is 0 Å². The number of ketones is 1. The lowest BCUT2D eigenvalue weighted by molar-refractivity contribution is -0.274. The summed E-state index contributed by atoms with van der Waals surface area (Å²) in [4.78, 5) is 11.6. The molecule has 0 N–H and O–H groups in total. The van der Waals surface area contributed by atoms with Crippen molar-refractivity contribution in [2.45, 2.75) is 13.3 Å². The van der Waals surface area contributed by atoms with Crippen LogP contribution in [-0.2, 0) is 0 Å². The summed E-state index contributed by atoms with van der Waals surface area (Å²) in [7, 11) is 0. The predicted molar refractivity (Wildman–Crippen MR) is 73.6 cm³/mol. The molecule has 0 fully saturated rings. The highest BCUT2D eigenvalue weighted by Gasteiger charge is 2.32. The summed E-state index contributed by atoms with van der Waals surface area (Å²) in [5, 5.41) is 0.316. The number of halogens is 4. The Bertz CT molecular complexity index is 681. The zero-order valence-corrected chi connectivity index (χ0v) is 11.6. The third-order valence-corrected chi connectivity index (χ3v) is 3.00. The normalized spacial score (nSPS) is 11.3. The molecule has 0 saturated carbocycles. The minimum atomic E-state index is -4.81. The third kappa shape index (κ3) is 3.76. The number of ether oxygens (including phenoxy) is 1. The van der Waals surface area contributed by atoms with Crippen LogP contribution in [0.2, 0.25) is 5.02 Å². The van der Waals surface area contributed by atoms with Crippen LogP contribution >= 0.6 is 11.6 Å². The van der Waals surface area contributed by atoms with Crippen LogP contribution in [0.3, 0.4) is 0 Å². The fourth-order valence-electron chi connectivity index (χ4n) is 1.95. The first-order valence-corrected chi connectivity index (χ1v) is 6.31. The van der Waals surface area contributed by atoms with Gasteiger partial charge in [0.25, 0.3) is 0 Å². The highest BCUT2D eigenvalue weighted by atomic mass is 35.5. The molecular weight excluding hydrogens is 305 g/mol. The average Bonchev–Trinajstić information content (AvgIpc) is 2.37. The van der Waals surface area contributed by atoms with Gasteiger partial charge in [0, 0.05) is 16.1 Å². The van der Waals surface area contributed by atoms with Gasteiger partial charge in [-0.2, -0.15) is 0 Å². The molecule has 2 nitrogen and oxygen atoms in total. The number of para-hydroxylation sites is 1. The van der Waals surface area contributed by atoms with Crippen molar-refractivity contribution in [3.63, 3.8) is 0 Å². The van der Waals surface area contributed by atoms with Crippen molar-refractivity contribution < 1.29 is 22.7 Å². The molecule has 6 heteroatoms. The molecule has 0 radical (unpaired) electrons. The maximum Gasteiger partial charge on any atom is 0.573 e. The molecule has 2 aromatic rings.